The molecule has 0 saturated heterocycles. The summed E-state index contributed by atoms with van der Waals surface area (Å²) in [6.07, 6.45) is 0.475. The van der Waals surface area contributed by atoms with Crippen molar-refractivity contribution in [3.8, 4) is 0 Å². The van der Waals surface area contributed by atoms with Gasteiger partial charge in [-0.2, -0.15) is 0 Å². The first-order valence-corrected chi connectivity index (χ1v) is 7.23. The number of azide groups is 1. The zero-order chi connectivity index (χ0) is 17.5. The molecule has 1 aromatic carbocycles. The molecule has 1 unspecified atom stereocenters. The summed E-state index contributed by atoms with van der Waals surface area (Å²) in [5.74, 6) is -1.91. The van der Waals surface area contributed by atoms with Crippen LogP contribution in [-0.4, -0.2) is 41.7 Å². The largest absolute Gasteiger partial charge is 0.479 e. The standard InChI is InChI=1S/C15H17N5O4/c1-9(21)18-14-11(19-20-16)7-12(15(22)23)24-13(14)8-17-10-5-3-2-4-6-10/h2-7,11,13-14,17H,8H2,1H3,(H,18,21)(H,22,23)/t11-,13?,14-/m1/s1. The van der Waals surface area contributed by atoms with Gasteiger partial charge in [0.1, 0.15) is 6.10 Å². The molecule has 9 heteroatoms. The van der Waals surface area contributed by atoms with Crippen LogP contribution in [0.5, 0.6) is 0 Å². The van der Waals surface area contributed by atoms with E-state index in [1.807, 2.05) is 30.3 Å². The average molecular weight is 331 g/mol. The Labute approximate surface area is 137 Å². The molecule has 1 aromatic rings. The Balaban J connectivity index is 2.23. The van der Waals surface area contributed by atoms with Crippen LogP contribution >= 0.6 is 0 Å². The van der Waals surface area contributed by atoms with E-state index in [1.165, 1.54) is 13.0 Å². The van der Waals surface area contributed by atoms with Gasteiger partial charge in [-0.1, -0.05) is 23.3 Å². The minimum absolute atomic E-state index is 0.219. The van der Waals surface area contributed by atoms with Gasteiger partial charge >= 0.3 is 5.97 Å². The Morgan fingerprint density at radius 1 is 1.38 bits per heavy atom. The number of hydrogen-bond acceptors (Lipinski definition) is 5. The Morgan fingerprint density at radius 2 is 2.08 bits per heavy atom. The van der Waals surface area contributed by atoms with Gasteiger partial charge in [0.05, 0.1) is 18.6 Å². The molecule has 0 bridgehead atoms. The topological polar surface area (TPSA) is 136 Å². The van der Waals surface area contributed by atoms with Crippen LogP contribution in [0.4, 0.5) is 5.69 Å². The van der Waals surface area contributed by atoms with E-state index in [9.17, 15) is 9.59 Å². The molecule has 9 nitrogen and oxygen atoms in total. The smallest absolute Gasteiger partial charge is 0.370 e. The average Bonchev–Trinajstić information content (AvgIpc) is 2.55. The molecule has 3 N–H and O–H groups in total. The Hall–Kier alpha value is -3.19. The Kier molecular flexibility index (Phi) is 5.64. The first-order valence-electron chi connectivity index (χ1n) is 7.23. The van der Waals surface area contributed by atoms with Gasteiger partial charge in [-0.25, -0.2) is 4.79 Å². The van der Waals surface area contributed by atoms with Gasteiger partial charge in [-0.05, 0) is 23.7 Å². The number of carbonyl (C=O) groups is 2. The number of carboxylic acids is 1. The van der Waals surface area contributed by atoms with Crippen LogP contribution in [0.25, 0.3) is 10.4 Å². The normalized spacial score (nSPS) is 22.4. The molecule has 0 fully saturated rings. The number of hydrogen-bond donors (Lipinski definition) is 3. The molecular weight excluding hydrogens is 314 g/mol. The first kappa shape index (κ1) is 17.2. The third-order valence-corrected chi connectivity index (χ3v) is 3.42. The fraction of sp³-hybridized carbons (Fsp3) is 0.333. The van der Waals surface area contributed by atoms with Crippen LogP contribution in [0.2, 0.25) is 0 Å². The lowest BCUT2D eigenvalue weighted by molar-refractivity contribution is -0.138. The van der Waals surface area contributed by atoms with Gasteiger partial charge in [0.2, 0.25) is 11.7 Å². The molecule has 0 aromatic heterocycles. The zero-order valence-electron chi connectivity index (χ0n) is 12.9. The van der Waals surface area contributed by atoms with Gasteiger partial charge in [-0.3, -0.25) is 4.79 Å². The molecule has 1 aliphatic heterocycles. The maximum absolute atomic E-state index is 11.4. The number of carbonyl (C=O) groups excluding carboxylic acids is 1. The zero-order valence-corrected chi connectivity index (χ0v) is 12.9. The molecule has 0 spiro atoms. The number of nitrogens with zero attached hydrogens (tertiary/aromatic N) is 3. The van der Waals surface area contributed by atoms with Crippen molar-refractivity contribution in [2.75, 3.05) is 11.9 Å². The van der Waals surface area contributed by atoms with Crippen molar-refractivity contribution >= 4 is 17.6 Å². The van der Waals surface area contributed by atoms with E-state index < -0.39 is 24.2 Å². The number of nitrogens with one attached hydrogen (secondary N) is 2. The van der Waals surface area contributed by atoms with E-state index >= 15 is 0 Å². The predicted molar refractivity (Wildman–Crippen MR) is 86.1 cm³/mol. The molecule has 0 radical (unpaired) electrons. The molecular formula is C15H17N5O4. The fourth-order valence-electron chi connectivity index (χ4n) is 2.40. The van der Waals surface area contributed by atoms with Crippen LogP contribution in [0.15, 0.2) is 47.3 Å². The van der Waals surface area contributed by atoms with Gasteiger partial charge in [-0.15, -0.1) is 0 Å². The number of anilines is 1. The van der Waals surface area contributed by atoms with Crippen molar-refractivity contribution in [2.24, 2.45) is 5.11 Å². The second-order valence-corrected chi connectivity index (χ2v) is 5.16. The van der Waals surface area contributed by atoms with E-state index in [0.29, 0.717) is 0 Å². The maximum Gasteiger partial charge on any atom is 0.370 e. The van der Waals surface area contributed by atoms with Crippen molar-refractivity contribution in [2.45, 2.75) is 25.1 Å². The van der Waals surface area contributed by atoms with E-state index in [-0.39, 0.29) is 18.2 Å². The van der Waals surface area contributed by atoms with Gasteiger partial charge in [0, 0.05) is 17.5 Å². The van der Waals surface area contributed by atoms with Crippen LogP contribution in [0.1, 0.15) is 6.92 Å². The second kappa shape index (κ2) is 7.89. The first-order chi connectivity index (χ1) is 11.5. The highest BCUT2D eigenvalue weighted by Gasteiger charge is 2.36. The third-order valence-electron chi connectivity index (χ3n) is 3.42. The number of aliphatic carboxylic acids is 1. The van der Waals surface area contributed by atoms with Crippen molar-refractivity contribution in [1.29, 1.82) is 0 Å². The van der Waals surface area contributed by atoms with Crippen LogP contribution in [0.3, 0.4) is 0 Å². The lowest BCUT2D eigenvalue weighted by Crippen LogP contribution is -2.54. The van der Waals surface area contributed by atoms with E-state index in [4.69, 9.17) is 15.4 Å². The number of benzene rings is 1. The molecule has 1 heterocycles. The number of carboxylic acid groups (broad SMARTS) is 1. The number of ether oxygens (including phenoxy) is 1. The molecule has 0 saturated carbocycles. The molecule has 2 rings (SSSR count). The van der Waals surface area contributed by atoms with Crippen molar-refractivity contribution in [1.82, 2.24) is 5.32 Å². The highest BCUT2D eigenvalue weighted by molar-refractivity contribution is 5.84. The minimum Gasteiger partial charge on any atom is -0.479 e. The monoisotopic (exact) mass is 331 g/mol. The number of para-hydroxylation sites is 1. The highest BCUT2D eigenvalue weighted by Crippen LogP contribution is 2.22. The number of rotatable bonds is 6. The van der Waals surface area contributed by atoms with Crippen molar-refractivity contribution in [3.05, 3.63) is 52.6 Å². The molecule has 24 heavy (non-hydrogen) atoms. The summed E-state index contributed by atoms with van der Waals surface area (Å²) in [6.45, 7) is 1.54. The molecule has 1 amide bonds. The summed E-state index contributed by atoms with van der Waals surface area (Å²) in [5, 5.41) is 18.5. The van der Waals surface area contributed by atoms with Gasteiger partial charge in [0.15, 0.2) is 0 Å². The quantitative estimate of drug-likeness (QED) is 0.413. The minimum atomic E-state index is -1.26. The Bertz CT molecular complexity index is 684. The third kappa shape index (κ3) is 4.40. The second-order valence-electron chi connectivity index (χ2n) is 5.16. The summed E-state index contributed by atoms with van der Waals surface area (Å²) < 4.78 is 5.46. The van der Waals surface area contributed by atoms with E-state index in [0.717, 1.165) is 5.69 Å². The lowest BCUT2D eigenvalue weighted by Gasteiger charge is -2.35. The van der Waals surface area contributed by atoms with E-state index in [2.05, 4.69) is 20.7 Å². The summed E-state index contributed by atoms with van der Waals surface area (Å²) in [6, 6.07) is 7.70. The summed E-state index contributed by atoms with van der Waals surface area (Å²) in [4.78, 5) is 25.4. The van der Waals surface area contributed by atoms with Crippen LogP contribution in [-0.2, 0) is 14.3 Å². The molecule has 0 aliphatic carbocycles. The SMILES string of the molecule is CC(=O)N[C@H]1C(CNc2ccccc2)OC(C(=O)O)=C[C@H]1N=[N+]=[N-]. The summed E-state index contributed by atoms with van der Waals surface area (Å²) in [5.41, 5.74) is 9.52. The lowest BCUT2D eigenvalue weighted by atomic mass is 9.98. The summed E-state index contributed by atoms with van der Waals surface area (Å²) in [7, 11) is 0. The molecule has 3 atom stereocenters. The molecule has 126 valence electrons. The predicted octanol–water partition coefficient (Wildman–Crippen LogP) is 1.65. The van der Waals surface area contributed by atoms with Crippen LogP contribution < -0.4 is 10.6 Å². The fourth-order valence-corrected chi connectivity index (χ4v) is 2.40. The van der Waals surface area contributed by atoms with Gasteiger partial charge in [0.25, 0.3) is 0 Å². The van der Waals surface area contributed by atoms with E-state index in [1.54, 1.807) is 0 Å². The Morgan fingerprint density at radius 3 is 2.67 bits per heavy atom. The van der Waals surface area contributed by atoms with Crippen molar-refractivity contribution in [3.63, 3.8) is 0 Å². The molecule has 1 aliphatic rings. The van der Waals surface area contributed by atoms with Crippen LogP contribution in [0, 0.1) is 0 Å². The summed E-state index contributed by atoms with van der Waals surface area (Å²) >= 11 is 0. The highest BCUT2D eigenvalue weighted by atomic mass is 16.5. The number of amides is 1. The van der Waals surface area contributed by atoms with Gasteiger partial charge < -0.3 is 20.5 Å². The van der Waals surface area contributed by atoms with Crippen molar-refractivity contribution < 1.29 is 19.4 Å². The maximum atomic E-state index is 11.4.